The number of piperidine rings is 1. The van der Waals surface area contributed by atoms with E-state index in [4.69, 9.17) is 4.98 Å². The maximum absolute atomic E-state index is 13.4. The van der Waals surface area contributed by atoms with E-state index in [1.165, 1.54) is 5.56 Å². The number of imidazole rings is 1. The molecular weight excluding hydrogens is 420 g/mol. The van der Waals surface area contributed by atoms with Crippen LogP contribution in [0.5, 0.6) is 0 Å². The Morgan fingerprint density at radius 3 is 2.71 bits per heavy atom. The molecule has 1 amide bonds. The molecule has 1 fully saturated rings. The lowest BCUT2D eigenvalue weighted by Gasteiger charge is -2.33. The van der Waals surface area contributed by atoms with E-state index < -0.39 is 0 Å². The van der Waals surface area contributed by atoms with Crippen LogP contribution in [0.2, 0.25) is 0 Å². The molecule has 1 saturated heterocycles. The van der Waals surface area contributed by atoms with E-state index in [-0.39, 0.29) is 11.8 Å². The Morgan fingerprint density at radius 2 is 1.88 bits per heavy atom. The van der Waals surface area contributed by atoms with E-state index in [0.717, 1.165) is 53.3 Å². The molecule has 0 bridgehead atoms. The Kier molecular flexibility index (Phi) is 6.26. The largest absolute Gasteiger partial charge is 0.338 e. The topological polar surface area (TPSA) is 51.0 Å². The first kappa shape index (κ1) is 22.1. The van der Waals surface area contributed by atoms with Crippen LogP contribution in [0.3, 0.4) is 0 Å². The first-order valence-electron chi connectivity index (χ1n) is 12.0. The van der Waals surface area contributed by atoms with Gasteiger partial charge in [0.1, 0.15) is 5.82 Å². The van der Waals surface area contributed by atoms with Gasteiger partial charge in [-0.2, -0.15) is 0 Å². The molecule has 0 aliphatic carbocycles. The minimum Gasteiger partial charge on any atom is -0.338 e. The van der Waals surface area contributed by atoms with Crippen LogP contribution in [0.15, 0.2) is 79.1 Å². The van der Waals surface area contributed by atoms with Gasteiger partial charge in [-0.15, -0.1) is 0 Å². The minimum absolute atomic E-state index is 0.101. The normalized spacial score (nSPS) is 15.9. The van der Waals surface area contributed by atoms with Crippen molar-refractivity contribution in [2.45, 2.75) is 39.2 Å². The number of hydrogen-bond donors (Lipinski definition) is 0. The van der Waals surface area contributed by atoms with Gasteiger partial charge in [0.05, 0.1) is 5.69 Å². The van der Waals surface area contributed by atoms with Crippen LogP contribution in [-0.4, -0.2) is 38.4 Å². The van der Waals surface area contributed by atoms with E-state index in [0.29, 0.717) is 13.1 Å². The van der Waals surface area contributed by atoms with Crippen LogP contribution in [0.25, 0.3) is 11.3 Å². The van der Waals surface area contributed by atoms with E-state index in [1.807, 2.05) is 36.2 Å². The molecule has 5 nitrogen and oxygen atoms in total. The van der Waals surface area contributed by atoms with E-state index >= 15 is 0 Å². The Labute approximate surface area is 201 Å². The van der Waals surface area contributed by atoms with Crippen LogP contribution >= 0.6 is 0 Å². The van der Waals surface area contributed by atoms with Crippen molar-refractivity contribution in [3.8, 4) is 11.3 Å². The molecule has 2 aromatic heterocycles. The van der Waals surface area contributed by atoms with Crippen molar-refractivity contribution in [1.82, 2.24) is 19.4 Å². The number of carbonyl (C=O) groups excluding carboxylic acids is 1. The summed E-state index contributed by atoms with van der Waals surface area (Å²) in [7, 11) is 0. The number of carbonyl (C=O) groups is 1. The van der Waals surface area contributed by atoms with E-state index in [9.17, 15) is 4.79 Å². The molecule has 5 rings (SSSR count). The Morgan fingerprint density at radius 1 is 1.03 bits per heavy atom. The summed E-state index contributed by atoms with van der Waals surface area (Å²) in [4.78, 5) is 24.7. The maximum atomic E-state index is 13.4. The van der Waals surface area contributed by atoms with Gasteiger partial charge in [-0.05, 0) is 62.6 Å². The van der Waals surface area contributed by atoms with Crippen LogP contribution in [0.4, 0.5) is 0 Å². The minimum atomic E-state index is 0.101. The predicted octanol–water partition coefficient (Wildman–Crippen LogP) is 5.63. The third-order valence-corrected chi connectivity index (χ3v) is 6.66. The molecule has 0 unspecified atom stereocenters. The first-order chi connectivity index (χ1) is 16.6. The summed E-state index contributed by atoms with van der Waals surface area (Å²) in [5.74, 6) is 1.32. The lowest BCUT2D eigenvalue weighted by atomic mass is 9.93. The molecular formula is C29H30N4O. The smallest absolute Gasteiger partial charge is 0.253 e. The van der Waals surface area contributed by atoms with Gasteiger partial charge in [0, 0.05) is 54.8 Å². The fourth-order valence-corrected chi connectivity index (χ4v) is 4.80. The third-order valence-electron chi connectivity index (χ3n) is 6.66. The number of likely N-dealkylation sites (tertiary alicyclic amines) is 1. The first-order valence-corrected chi connectivity index (χ1v) is 12.0. The van der Waals surface area contributed by atoms with Gasteiger partial charge in [0.15, 0.2) is 0 Å². The molecule has 3 heterocycles. The monoisotopic (exact) mass is 450 g/mol. The average molecular weight is 451 g/mol. The number of aromatic nitrogens is 3. The molecule has 0 radical (unpaired) electrons. The van der Waals surface area contributed by atoms with Crippen molar-refractivity contribution in [2.75, 3.05) is 13.1 Å². The molecule has 172 valence electrons. The quantitative estimate of drug-likeness (QED) is 0.396. The zero-order valence-corrected chi connectivity index (χ0v) is 19.8. The Bertz CT molecular complexity index is 1310. The van der Waals surface area contributed by atoms with Crippen molar-refractivity contribution in [1.29, 1.82) is 0 Å². The number of aryl methyl sites for hydroxylation is 2. The standard InChI is InChI=1S/C29H30N4O/c1-21-7-3-9-24(17-21)27-12-5-13-28(31-27)26-11-6-15-33(20-26)29(34)25-10-4-8-23(18-25)19-32-16-14-30-22(32)2/h3-5,7-10,12-14,16-18,26H,6,11,15,19-20H2,1-2H3/t26-/m1/s1. The molecule has 0 N–H and O–H groups in total. The molecule has 5 heteroatoms. The number of nitrogens with zero attached hydrogens (tertiary/aromatic N) is 4. The predicted molar refractivity (Wildman–Crippen MR) is 135 cm³/mol. The number of amides is 1. The van der Waals surface area contributed by atoms with Crippen LogP contribution < -0.4 is 0 Å². The van der Waals surface area contributed by atoms with Crippen molar-refractivity contribution >= 4 is 5.91 Å². The molecule has 0 saturated carbocycles. The highest BCUT2D eigenvalue weighted by Gasteiger charge is 2.26. The van der Waals surface area contributed by atoms with Gasteiger partial charge >= 0.3 is 0 Å². The second-order valence-corrected chi connectivity index (χ2v) is 9.21. The summed E-state index contributed by atoms with van der Waals surface area (Å²) in [5, 5.41) is 0. The van der Waals surface area contributed by atoms with Gasteiger partial charge in [0.25, 0.3) is 5.91 Å². The van der Waals surface area contributed by atoms with Crippen molar-refractivity contribution in [3.05, 3.63) is 107 Å². The molecule has 4 aromatic rings. The lowest BCUT2D eigenvalue weighted by molar-refractivity contribution is 0.0706. The molecule has 1 atom stereocenters. The fourth-order valence-electron chi connectivity index (χ4n) is 4.80. The van der Waals surface area contributed by atoms with E-state index in [1.54, 1.807) is 6.20 Å². The zero-order chi connectivity index (χ0) is 23.5. The summed E-state index contributed by atoms with van der Waals surface area (Å²) in [6, 6.07) is 22.7. The molecule has 1 aliphatic rings. The van der Waals surface area contributed by atoms with Gasteiger partial charge < -0.3 is 9.47 Å². The van der Waals surface area contributed by atoms with Crippen LogP contribution in [0, 0.1) is 13.8 Å². The Balaban J connectivity index is 1.32. The van der Waals surface area contributed by atoms with E-state index in [2.05, 4.69) is 65.0 Å². The molecule has 2 aromatic carbocycles. The van der Waals surface area contributed by atoms with Gasteiger partial charge in [0.2, 0.25) is 0 Å². The summed E-state index contributed by atoms with van der Waals surface area (Å²) >= 11 is 0. The highest BCUT2D eigenvalue weighted by molar-refractivity contribution is 5.94. The second-order valence-electron chi connectivity index (χ2n) is 9.21. The number of rotatable bonds is 5. The van der Waals surface area contributed by atoms with Crippen LogP contribution in [0.1, 0.15) is 51.8 Å². The van der Waals surface area contributed by atoms with Crippen molar-refractivity contribution < 1.29 is 4.79 Å². The van der Waals surface area contributed by atoms with Gasteiger partial charge in [-0.25, -0.2) is 4.98 Å². The SMILES string of the molecule is Cc1cccc(-c2cccc([C@@H]3CCCN(C(=O)c4cccc(Cn5ccnc5C)c4)C3)n2)c1. The van der Waals surface area contributed by atoms with Crippen molar-refractivity contribution in [3.63, 3.8) is 0 Å². The molecule has 0 spiro atoms. The molecule has 34 heavy (non-hydrogen) atoms. The third kappa shape index (κ3) is 4.79. The summed E-state index contributed by atoms with van der Waals surface area (Å²) < 4.78 is 2.09. The number of benzene rings is 2. The lowest BCUT2D eigenvalue weighted by Crippen LogP contribution is -2.39. The zero-order valence-electron chi connectivity index (χ0n) is 19.8. The van der Waals surface area contributed by atoms with Crippen molar-refractivity contribution in [2.24, 2.45) is 0 Å². The average Bonchev–Trinajstić information content (AvgIpc) is 3.28. The summed E-state index contributed by atoms with van der Waals surface area (Å²) in [6.45, 7) is 6.30. The summed E-state index contributed by atoms with van der Waals surface area (Å²) in [6.07, 6.45) is 5.81. The Hall–Kier alpha value is -3.73. The number of hydrogen-bond acceptors (Lipinski definition) is 3. The highest BCUT2D eigenvalue weighted by Crippen LogP contribution is 2.29. The highest BCUT2D eigenvalue weighted by atomic mass is 16.2. The summed E-state index contributed by atoms with van der Waals surface area (Å²) in [5.41, 5.74) is 6.28. The van der Waals surface area contributed by atoms with Crippen LogP contribution in [-0.2, 0) is 6.54 Å². The van der Waals surface area contributed by atoms with Gasteiger partial charge in [-0.3, -0.25) is 9.78 Å². The van der Waals surface area contributed by atoms with Gasteiger partial charge in [-0.1, -0.05) is 42.0 Å². The number of pyridine rings is 1. The maximum Gasteiger partial charge on any atom is 0.253 e. The molecule has 1 aliphatic heterocycles. The fraction of sp³-hybridized carbons (Fsp3) is 0.276. The second kappa shape index (κ2) is 9.64.